The molecule has 0 bridgehead atoms. The lowest BCUT2D eigenvalue weighted by Gasteiger charge is -2.10. The minimum atomic E-state index is -0.603. The molecule has 0 radical (unpaired) electrons. The Balaban J connectivity index is 1.94. The first-order valence-corrected chi connectivity index (χ1v) is 6.70. The van der Waals surface area contributed by atoms with Crippen molar-refractivity contribution in [3.05, 3.63) is 64.1 Å². The van der Waals surface area contributed by atoms with Crippen LogP contribution in [-0.4, -0.2) is 11.9 Å². The van der Waals surface area contributed by atoms with Crippen LogP contribution >= 0.6 is 23.2 Å². The van der Waals surface area contributed by atoms with Gasteiger partial charge in [0.05, 0.1) is 15.6 Å². The summed E-state index contributed by atoms with van der Waals surface area (Å²) in [5.74, 6) is -0.603. The van der Waals surface area contributed by atoms with Gasteiger partial charge in [-0.05, 0) is 24.3 Å². The Morgan fingerprint density at radius 2 is 1.43 bits per heavy atom. The Bertz CT molecular complexity index is 642. The van der Waals surface area contributed by atoms with Crippen LogP contribution in [0.25, 0.3) is 0 Å². The first-order valence-electron chi connectivity index (χ1n) is 5.94. The number of hydrazine groups is 1. The fourth-order valence-electron chi connectivity index (χ4n) is 1.57. The number of halogens is 2. The van der Waals surface area contributed by atoms with Gasteiger partial charge in [-0.25, -0.2) is 10.2 Å². The molecule has 0 spiro atoms. The number of rotatable bonds is 2. The molecular formula is C14H11Cl2N3O2. The van der Waals surface area contributed by atoms with Crippen molar-refractivity contribution >= 4 is 40.8 Å². The van der Waals surface area contributed by atoms with E-state index in [4.69, 9.17) is 23.2 Å². The molecule has 0 aromatic heterocycles. The van der Waals surface area contributed by atoms with E-state index in [-0.39, 0.29) is 15.6 Å². The molecular weight excluding hydrogens is 313 g/mol. The van der Waals surface area contributed by atoms with Crippen LogP contribution < -0.4 is 16.2 Å². The highest BCUT2D eigenvalue weighted by molar-refractivity contribution is 6.39. The number of carbonyl (C=O) groups excluding carboxylic acids is 2. The van der Waals surface area contributed by atoms with Gasteiger partial charge in [0, 0.05) is 5.69 Å². The smallest absolute Gasteiger partial charge is 0.307 e. The number of anilines is 1. The van der Waals surface area contributed by atoms with Crippen molar-refractivity contribution in [2.24, 2.45) is 0 Å². The molecule has 0 aliphatic rings. The summed E-state index contributed by atoms with van der Waals surface area (Å²) in [5.41, 5.74) is 5.14. The number of hydrogen-bond donors (Lipinski definition) is 3. The Labute approximate surface area is 131 Å². The topological polar surface area (TPSA) is 70.2 Å². The summed E-state index contributed by atoms with van der Waals surface area (Å²) < 4.78 is 0. The lowest BCUT2D eigenvalue weighted by atomic mass is 10.2. The summed E-state index contributed by atoms with van der Waals surface area (Å²) in [6.07, 6.45) is 0. The normalized spacial score (nSPS) is 9.81. The van der Waals surface area contributed by atoms with Crippen molar-refractivity contribution in [3.63, 3.8) is 0 Å². The molecule has 21 heavy (non-hydrogen) atoms. The number of hydrogen-bond acceptors (Lipinski definition) is 2. The van der Waals surface area contributed by atoms with Crippen LogP contribution in [-0.2, 0) is 0 Å². The van der Waals surface area contributed by atoms with Crippen molar-refractivity contribution in [3.8, 4) is 0 Å². The summed E-state index contributed by atoms with van der Waals surface area (Å²) in [5, 5.41) is 2.95. The van der Waals surface area contributed by atoms with E-state index in [1.807, 2.05) is 6.07 Å². The minimum Gasteiger partial charge on any atom is -0.307 e. The Morgan fingerprint density at radius 3 is 2.05 bits per heavy atom. The summed E-state index contributed by atoms with van der Waals surface area (Å²) in [6, 6.07) is 12.9. The van der Waals surface area contributed by atoms with E-state index in [0.717, 1.165) is 0 Å². The summed E-state index contributed by atoms with van der Waals surface area (Å²) in [7, 11) is 0. The molecule has 7 heteroatoms. The highest BCUT2D eigenvalue weighted by atomic mass is 35.5. The number of benzene rings is 2. The van der Waals surface area contributed by atoms with Gasteiger partial charge in [0.25, 0.3) is 5.91 Å². The lowest BCUT2D eigenvalue weighted by molar-refractivity contribution is 0.0938. The molecule has 0 aliphatic heterocycles. The number of urea groups is 1. The van der Waals surface area contributed by atoms with Gasteiger partial charge in [-0.3, -0.25) is 10.2 Å². The van der Waals surface area contributed by atoms with Gasteiger partial charge in [-0.2, -0.15) is 0 Å². The Morgan fingerprint density at radius 1 is 0.810 bits per heavy atom. The van der Waals surface area contributed by atoms with Crippen molar-refractivity contribution in [2.45, 2.75) is 0 Å². The fourth-order valence-corrected chi connectivity index (χ4v) is 2.14. The van der Waals surface area contributed by atoms with Crippen LogP contribution in [0.3, 0.4) is 0 Å². The number of amides is 3. The van der Waals surface area contributed by atoms with Crippen molar-refractivity contribution < 1.29 is 9.59 Å². The molecule has 0 saturated carbocycles. The van der Waals surface area contributed by atoms with Gasteiger partial charge in [-0.15, -0.1) is 0 Å². The average Bonchev–Trinajstić information content (AvgIpc) is 2.46. The summed E-state index contributed by atoms with van der Waals surface area (Å²) in [4.78, 5) is 23.5. The SMILES string of the molecule is O=C(NNC(=O)c1c(Cl)cccc1Cl)Nc1ccccc1. The fraction of sp³-hybridized carbons (Fsp3) is 0. The second kappa shape index (κ2) is 6.97. The standard InChI is InChI=1S/C14H11Cl2N3O2/c15-10-7-4-8-11(16)12(10)13(20)18-19-14(21)17-9-5-2-1-3-6-9/h1-8H,(H,18,20)(H2,17,19,21). The number of para-hydroxylation sites is 1. The Kier molecular flexibility index (Phi) is 5.03. The van der Waals surface area contributed by atoms with Gasteiger partial charge in [0.15, 0.2) is 0 Å². The van der Waals surface area contributed by atoms with Crippen LogP contribution in [0, 0.1) is 0 Å². The first-order chi connectivity index (χ1) is 10.1. The highest BCUT2D eigenvalue weighted by Crippen LogP contribution is 2.23. The molecule has 108 valence electrons. The second-order valence-corrected chi connectivity index (χ2v) is 4.81. The molecule has 3 amide bonds. The zero-order valence-electron chi connectivity index (χ0n) is 10.7. The molecule has 2 aromatic rings. The molecule has 2 aromatic carbocycles. The largest absolute Gasteiger partial charge is 0.337 e. The molecule has 0 aliphatic carbocycles. The molecule has 0 fully saturated rings. The zero-order chi connectivity index (χ0) is 15.2. The van der Waals surface area contributed by atoms with Crippen molar-refractivity contribution in [1.29, 1.82) is 0 Å². The van der Waals surface area contributed by atoms with E-state index in [9.17, 15) is 9.59 Å². The molecule has 5 nitrogen and oxygen atoms in total. The molecule has 0 saturated heterocycles. The zero-order valence-corrected chi connectivity index (χ0v) is 12.2. The van der Waals surface area contributed by atoms with Crippen LogP contribution in [0.15, 0.2) is 48.5 Å². The van der Waals surface area contributed by atoms with Gasteiger partial charge >= 0.3 is 6.03 Å². The van der Waals surface area contributed by atoms with Crippen LogP contribution in [0.4, 0.5) is 10.5 Å². The third-order valence-corrected chi connectivity index (χ3v) is 3.14. The van der Waals surface area contributed by atoms with Gasteiger partial charge < -0.3 is 5.32 Å². The maximum absolute atomic E-state index is 11.9. The van der Waals surface area contributed by atoms with Crippen molar-refractivity contribution in [2.75, 3.05) is 5.32 Å². The minimum absolute atomic E-state index is 0.0980. The van der Waals surface area contributed by atoms with Crippen LogP contribution in [0.2, 0.25) is 10.0 Å². The van der Waals surface area contributed by atoms with Gasteiger partial charge in [0.1, 0.15) is 0 Å². The third-order valence-electron chi connectivity index (χ3n) is 2.51. The number of carbonyl (C=O) groups is 2. The predicted octanol–water partition coefficient (Wildman–Crippen LogP) is 3.46. The quantitative estimate of drug-likeness (QED) is 0.741. The monoisotopic (exact) mass is 323 g/mol. The van der Waals surface area contributed by atoms with Crippen LogP contribution in [0.1, 0.15) is 10.4 Å². The molecule has 2 rings (SSSR count). The maximum Gasteiger partial charge on any atom is 0.337 e. The van der Waals surface area contributed by atoms with Gasteiger partial charge in [0.2, 0.25) is 0 Å². The summed E-state index contributed by atoms with van der Waals surface area (Å²) in [6.45, 7) is 0. The number of nitrogens with one attached hydrogen (secondary N) is 3. The van der Waals surface area contributed by atoms with E-state index in [1.54, 1.807) is 30.3 Å². The molecule has 0 heterocycles. The van der Waals surface area contributed by atoms with E-state index in [0.29, 0.717) is 5.69 Å². The predicted molar refractivity (Wildman–Crippen MR) is 82.5 cm³/mol. The second-order valence-electron chi connectivity index (χ2n) is 4.00. The van der Waals surface area contributed by atoms with Crippen LogP contribution in [0.5, 0.6) is 0 Å². The lowest BCUT2D eigenvalue weighted by Crippen LogP contribution is -2.44. The van der Waals surface area contributed by atoms with Crippen molar-refractivity contribution in [1.82, 2.24) is 10.9 Å². The molecule has 0 unspecified atom stereocenters. The van der Waals surface area contributed by atoms with E-state index in [1.165, 1.54) is 12.1 Å². The molecule has 0 atom stereocenters. The van der Waals surface area contributed by atoms with E-state index in [2.05, 4.69) is 16.2 Å². The van der Waals surface area contributed by atoms with E-state index < -0.39 is 11.9 Å². The summed E-state index contributed by atoms with van der Waals surface area (Å²) >= 11 is 11.8. The Hall–Kier alpha value is -2.24. The van der Waals surface area contributed by atoms with Gasteiger partial charge in [-0.1, -0.05) is 47.5 Å². The highest BCUT2D eigenvalue weighted by Gasteiger charge is 2.14. The third kappa shape index (κ3) is 4.11. The molecule has 3 N–H and O–H groups in total. The maximum atomic E-state index is 11.9. The first kappa shape index (κ1) is 15.2. The van der Waals surface area contributed by atoms with E-state index >= 15 is 0 Å². The average molecular weight is 324 g/mol.